The van der Waals surface area contributed by atoms with Crippen molar-refractivity contribution in [2.45, 2.75) is 0 Å². The summed E-state index contributed by atoms with van der Waals surface area (Å²) in [6.07, 6.45) is 6.85. The molecule has 4 heteroatoms. The van der Waals surface area contributed by atoms with E-state index in [0.717, 1.165) is 5.56 Å². The molecule has 2 heterocycles. The number of hydrogen-bond acceptors (Lipinski definition) is 3. The fourth-order valence-corrected chi connectivity index (χ4v) is 1.83. The molecule has 0 spiro atoms. The Morgan fingerprint density at radius 3 is 2.74 bits per heavy atom. The van der Waals surface area contributed by atoms with Crippen LogP contribution in [0, 0.1) is 0 Å². The molecule has 0 radical (unpaired) electrons. The Morgan fingerprint density at radius 1 is 1.05 bits per heavy atom. The number of fused-ring (bicyclic) bond motifs is 1. The number of rotatable bonds is 2. The van der Waals surface area contributed by atoms with Crippen LogP contribution in [0.3, 0.4) is 0 Å². The lowest BCUT2D eigenvalue weighted by Crippen LogP contribution is -2.09. The van der Waals surface area contributed by atoms with Gasteiger partial charge in [-0.15, -0.1) is 0 Å². The second-order valence-electron chi connectivity index (χ2n) is 4.09. The molecule has 0 aliphatic heterocycles. The van der Waals surface area contributed by atoms with Gasteiger partial charge in [0.2, 0.25) is 0 Å². The quantitative estimate of drug-likeness (QED) is 0.759. The van der Waals surface area contributed by atoms with Gasteiger partial charge in [-0.2, -0.15) is 0 Å². The Labute approximate surface area is 109 Å². The molecule has 0 aliphatic rings. The van der Waals surface area contributed by atoms with Crippen LogP contribution in [0.25, 0.3) is 23.1 Å². The molecule has 0 saturated heterocycles. The maximum Gasteiger partial charge on any atom is 0.259 e. The zero-order valence-corrected chi connectivity index (χ0v) is 10.1. The summed E-state index contributed by atoms with van der Waals surface area (Å²) in [7, 11) is 0. The molecular weight excluding hydrogens is 238 g/mol. The standard InChI is InChI=1S/C15H11N3O/c19-15-12-8-9-16-10-13(12)17-14(18-15)7-6-11-4-2-1-3-5-11/h1-10H,(H,17,18,19). The number of nitrogens with zero attached hydrogens (tertiary/aromatic N) is 2. The third-order valence-electron chi connectivity index (χ3n) is 2.76. The molecule has 2 aromatic heterocycles. The topological polar surface area (TPSA) is 58.6 Å². The van der Waals surface area contributed by atoms with Crippen LogP contribution >= 0.6 is 0 Å². The van der Waals surface area contributed by atoms with Crippen molar-refractivity contribution in [2.75, 3.05) is 0 Å². The van der Waals surface area contributed by atoms with Crippen molar-refractivity contribution < 1.29 is 0 Å². The third-order valence-corrected chi connectivity index (χ3v) is 2.76. The lowest BCUT2D eigenvalue weighted by atomic mass is 10.2. The average Bonchev–Trinajstić information content (AvgIpc) is 2.46. The summed E-state index contributed by atoms with van der Waals surface area (Å²) in [5.41, 5.74) is 1.50. The molecule has 3 aromatic rings. The summed E-state index contributed by atoms with van der Waals surface area (Å²) in [5, 5.41) is 0.548. The first kappa shape index (κ1) is 11.3. The first-order chi connectivity index (χ1) is 9.33. The first-order valence-electron chi connectivity index (χ1n) is 5.90. The van der Waals surface area contributed by atoms with E-state index in [1.165, 1.54) is 0 Å². The van der Waals surface area contributed by atoms with E-state index < -0.39 is 0 Å². The summed E-state index contributed by atoms with van der Waals surface area (Å²) in [6.45, 7) is 0. The molecule has 0 bridgehead atoms. The maximum absolute atomic E-state index is 11.9. The molecule has 0 atom stereocenters. The highest BCUT2D eigenvalue weighted by Gasteiger charge is 2.00. The summed E-state index contributed by atoms with van der Waals surface area (Å²) >= 11 is 0. The number of hydrogen-bond donors (Lipinski definition) is 1. The molecule has 0 aliphatic carbocycles. The van der Waals surface area contributed by atoms with Gasteiger partial charge in [0, 0.05) is 6.20 Å². The number of nitrogens with one attached hydrogen (secondary N) is 1. The summed E-state index contributed by atoms with van der Waals surface area (Å²) in [4.78, 5) is 22.9. The van der Waals surface area contributed by atoms with E-state index in [0.29, 0.717) is 16.7 Å². The third kappa shape index (κ3) is 2.42. The molecule has 0 fully saturated rings. The first-order valence-corrected chi connectivity index (χ1v) is 5.90. The molecule has 92 valence electrons. The van der Waals surface area contributed by atoms with Crippen molar-refractivity contribution in [2.24, 2.45) is 0 Å². The van der Waals surface area contributed by atoms with E-state index in [1.54, 1.807) is 24.5 Å². The zero-order chi connectivity index (χ0) is 13.1. The summed E-state index contributed by atoms with van der Waals surface area (Å²) < 4.78 is 0. The van der Waals surface area contributed by atoms with E-state index >= 15 is 0 Å². The van der Waals surface area contributed by atoms with E-state index in [4.69, 9.17) is 0 Å². The van der Waals surface area contributed by atoms with Crippen molar-refractivity contribution in [3.05, 3.63) is 70.5 Å². The number of benzene rings is 1. The molecule has 1 aromatic carbocycles. The zero-order valence-electron chi connectivity index (χ0n) is 10.1. The minimum absolute atomic E-state index is 0.153. The Morgan fingerprint density at radius 2 is 1.89 bits per heavy atom. The van der Waals surface area contributed by atoms with Gasteiger partial charge < -0.3 is 4.98 Å². The van der Waals surface area contributed by atoms with Gasteiger partial charge in [0.15, 0.2) is 0 Å². The Balaban J connectivity index is 2.02. The summed E-state index contributed by atoms with van der Waals surface area (Å²) in [6, 6.07) is 11.5. The van der Waals surface area contributed by atoms with Gasteiger partial charge in [0.25, 0.3) is 5.56 Å². The fraction of sp³-hybridized carbons (Fsp3) is 0. The van der Waals surface area contributed by atoms with Crippen LogP contribution in [0.5, 0.6) is 0 Å². The van der Waals surface area contributed by atoms with E-state index in [2.05, 4.69) is 15.0 Å². The van der Waals surface area contributed by atoms with Gasteiger partial charge in [0.05, 0.1) is 17.1 Å². The number of pyridine rings is 1. The highest BCUT2D eigenvalue weighted by atomic mass is 16.1. The largest absolute Gasteiger partial charge is 0.306 e. The van der Waals surface area contributed by atoms with Crippen molar-refractivity contribution in [3.8, 4) is 0 Å². The van der Waals surface area contributed by atoms with Crippen LogP contribution in [0.15, 0.2) is 53.6 Å². The molecule has 0 amide bonds. The van der Waals surface area contributed by atoms with Crippen molar-refractivity contribution in [3.63, 3.8) is 0 Å². The van der Waals surface area contributed by atoms with Gasteiger partial charge >= 0.3 is 0 Å². The van der Waals surface area contributed by atoms with Crippen LogP contribution in [-0.4, -0.2) is 15.0 Å². The average molecular weight is 249 g/mol. The molecule has 0 unspecified atom stereocenters. The van der Waals surface area contributed by atoms with Crippen molar-refractivity contribution in [1.82, 2.24) is 15.0 Å². The number of aromatic amines is 1. The Bertz CT molecular complexity index is 791. The molecule has 4 nitrogen and oxygen atoms in total. The lowest BCUT2D eigenvalue weighted by Gasteiger charge is -1.98. The maximum atomic E-state index is 11.9. The van der Waals surface area contributed by atoms with Crippen LogP contribution < -0.4 is 5.56 Å². The Kier molecular flexibility index (Phi) is 2.90. The van der Waals surface area contributed by atoms with Crippen LogP contribution in [0.4, 0.5) is 0 Å². The second kappa shape index (κ2) is 4.86. The van der Waals surface area contributed by atoms with Gasteiger partial charge in [-0.1, -0.05) is 36.4 Å². The van der Waals surface area contributed by atoms with Crippen molar-refractivity contribution in [1.29, 1.82) is 0 Å². The number of H-pyrrole nitrogens is 1. The smallest absolute Gasteiger partial charge is 0.259 e. The highest BCUT2D eigenvalue weighted by Crippen LogP contribution is 2.07. The van der Waals surface area contributed by atoms with E-state index in [1.807, 2.05) is 36.4 Å². The second-order valence-corrected chi connectivity index (χ2v) is 4.09. The van der Waals surface area contributed by atoms with E-state index in [-0.39, 0.29) is 5.56 Å². The van der Waals surface area contributed by atoms with Crippen LogP contribution in [0.2, 0.25) is 0 Å². The van der Waals surface area contributed by atoms with Crippen LogP contribution in [-0.2, 0) is 0 Å². The normalized spacial score (nSPS) is 11.2. The highest BCUT2D eigenvalue weighted by molar-refractivity contribution is 5.77. The predicted octanol–water partition coefficient (Wildman–Crippen LogP) is 2.49. The minimum atomic E-state index is -0.153. The van der Waals surface area contributed by atoms with Gasteiger partial charge in [-0.25, -0.2) is 4.98 Å². The molecule has 19 heavy (non-hydrogen) atoms. The van der Waals surface area contributed by atoms with Gasteiger partial charge in [0.1, 0.15) is 5.82 Å². The van der Waals surface area contributed by atoms with Gasteiger partial charge in [-0.3, -0.25) is 9.78 Å². The predicted molar refractivity (Wildman–Crippen MR) is 75.5 cm³/mol. The van der Waals surface area contributed by atoms with Gasteiger partial charge in [-0.05, 0) is 17.7 Å². The Hall–Kier alpha value is -2.75. The molecule has 0 saturated carbocycles. The molecule has 3 rings (SSSR count). The number of aromatic nitrogens is 3. The molecular formula is C15H11N3O. The summed E-state index contributed by atoms with van der Waals surface area (Å²) in [5.74, 6) is 0.523. The monoisotopic (exact) mass is 249 g/mol. The SMILES string of the molecule is O=c1[nH]c(C=Cc2ccccc2)nc2cnccc12. The lowest BCUT2D eigenvalue weighted by molar-refractivity contribution is 1.13. The van der Waals surface area contributed by atoms with E-state index in [9.17, 15) is 4.79 Å². The molecule has 1 N–H and O–H groups in total. The fourth-order valence-electron chi connectivity index (χ4n) is 1.83. The van der Waals surface area contributed by atoms with Crippen LogP contribution in [0.1, 0.15) is 11.4 Å². The minimum Gasteiger partial charge on any atom is -0.306 e. The van der Waals surface area contributed by atoms with Crippen molar-refractivity contribution >= 4 is 23.1 Å².